The average Bonchev–Trinajstić information content (AvgIpc) is 2.39. The minimum atomic E-state index is -0.745. The van der Waals surface area contributed by atoms with Crippen molar-refractivity contribution in [2.75, 3.05) is 19.8 Å². The van der Waals surface area contributed by atoms with Crippen molar-refractivity contribution in [3.8, 4) is 0 Å². The Hall–Kier alpha value is -0.850. The van der Waals surface area contributed by atoms with E-state index in [9.17, 15) is 9.90 Å². The van der Waals surface area contributed by atoms with Gasteiger partial charge in [0.25, 0.3) is 0 Å². The number of hydrogen-bond acceptors (Lipinski definition) is 5. The number of carbonyl (C=O) groups excluding carboxylic acids is 1. The number of rotatable bonds is 2. The van der Waals surface area contributed by atoms with Crippen molar-refractivity contribution >= 4 is 6.09 Å². The van der Waals surface area contributed by atoms with Gasteiger partial charge in [0, 0.05) is 31.8 Å². The van der Waals surface area contributed by atoms with Crippen molar-refractivity contribution in [3.63, 3.8) is 0 Å². The third-order valence-corrected chi connectivity index (χ3v) is 4.41. The molecule has 0 aromatic carbocycles. The lowest BCUT2D eigenvalue weighted by molar-refractivity contribution is -0.0844. The molecule has 22 heavy (non-hydrogen) atoms. The Morgan fingerprint density at radius 3 is 2.59 bits per heavy atom. The van der Waals surface area contributed by atoms with Crippen molar-refractivity contribution in [2.24, 2.45) is 5.73 Å². The molecule has 2 heterocycles. The Balaban J connectivity index is 2.04. The molecule has 2 fully saturated rings. The molecule has 2 rings (SSSR count). The molecule has 2 aliphatic rings. The second kappa shape index (κ2) is 6.72. The average molecular weight is 314 g/mol. The van der Waals surface area contributed by atoms with Gasteiger partial charge in [-0.15, -0.1) is 0 Å². The lowest BCUT2D eigenvalue weighted by Gasteiger charge is -2.43. The molecule has 2 atom stereocenters. The molecular formula is C16H30N2O4. The molecule has 6 heteroatoms. The van der Waals surface area contributed by atoms with Gasteiger partial charge in [-0.25, -0.2) is 4.79 Å². The van der Waals surface area contributed by atoms with Gasteiger partial charge in [0.15, 0.2) is 0 Å². The highest BCUT2D eigenvalue weighted by Gasteiger charge is 2.39. The van der Waals surface area contributed by atoms with Crippen LogP contribution in [0.25, 0.3) is 0 Å². The van der Waals surface area contributed by atoms with Gasteiger partial charge >= 0.3 is 6.09 Å². The van der Waals surface area contributed by atoms with Gasteiger partial charge in [-0.3, -0.25) is 0 Å². The number of carbonyl (C=O) groups is 1. The zero-order valence-electron chi connectivity index (χ0n) is 14.0. The van der Waals surface area contributed by atoms with Gasteiger partial charge < -0.3 is 25.2 Å². The Morgan fingerprint density at radius 2 is 2.00 bits per heavy atom. The number of nitrogens with zero attached hydrogens (tertiary/aromatic N) is 1. The maximum atomic E-state index is 12.5. The minimum Gasteiger partial charge on any atom is -0.444 e. The Morgan fingerprint density at radius 1 is 1.36 bits per heavy atom. The van der Waals surface area contributed by atoms with Gasteiger partial charge in [0.2, 0.25) is 0 Å². The maximum Gasteiger partial charge on any atom is 0.410 e. The van der Waals surface area contributed by atoms with Crippen LogP contribution in [0.2, 0.25) is 0 Å². The van der Waals surface area contributed by atoms with E-state index in [4.69, 9.17) is 15.2 Å². The highest BCUT2D eigenvalue weighted by atomic mass is 16.6. The summed E-state index contributed by atoms with van der Waals surface area (Å²) in [5.41, 5.74) is 4.75. The number of likely N-dealkylation sites (tertiary alicyclic amines) is 1. The summed E-state index contributed by atoms with van der Waals surface area (Å²) in [7, 11) is 0. The second-order valence-corrected chi connectivity index (χ2v) is 7.66. The number of piperidine rings is 1. The smallest absolute Gasteiger partial charge is 0.410 e. The zero-order valence-corrected chi connectivity index (χ0v) is 14.0. The monoisotopic (exact) mass is 314 g/mol. The third-order valence-electron chi connectivity index (χ3n) is 4.41. The van der Waals surface area contributed by atoms with E-state index < -0.39 is 11.2 Å². The summed E-state index contributed by atoms with van der Waals surface area (Å²) >= 11 is 0. The van der Waals surface area contributed by atoms with Crippen LogP contribution in [0, 0.1) is 0 Å². The fourth-order valence-corrected chi connectivity index (χ4v) is 3.21. The molecule has 0 spiro atoms. The number of amides is 1. The molecule has 0 saturated carbocycles. The summed E-state index contributed by atoms with van der Waals surface area (Å²) in [6, 6.07) is -0.0362. The van der Waals surface area contributed by atoms with Crippen LogP contribution in [-0.2, 0) is 9.47 Å². The second-order valence-electron chi connectivity index (χ2n) is 7.66. The van der Waals surface area contributed by atoms with Crippen LogP contribution in [0.5, 0.6) is 0 Å². The van der Waals surface area contributed by atoms with Gasteiger partial charge in [-0.05, 0) is 52.9 Å². The Bertz CT molecular complexity index is 388. The first kappa shape index (κ1) is 17.5. The molecule has 2 saturated heterocycles. The van der Waals surface area contributed by atoms with Crippen LogP contribution >= 0.6 is 0 Å². The largest absolute Gasteiger partial charge is 0.444 e. The zero-order chi connectivity index (χ0) is 16.4. The van der Waals surface area contributed by atoms with E-state index in [1.807, 2.05) is 20.8 Å². The van der Waals surface area contributed by atoms with Crippen LogP contribution in [0.1, 0.15) is 52.9 Å². The van der Waals surface area contributed by atoms with E-state index in [1.165, 1.54) is 0 Å². The highest BCUT2D eigenvalue weighted by molar-refractivity contribution is 5.68. The Kier molecular flexibility index (Phi) is 5.35. The molecule has 0 aromatic heterocycles. The van der Waals surface area contributed by atoms with Gasteiger partial charge in [-0.2, -0.15) is 0 Å². The van der Waals surface area contributed by atoms with Crippen LogP contribution in [0.15, 0.2) is 0 Å². The van der Waals surface area contributed by atoms with Crippen LogP contribution in [0.4, 0.5) is 4.79 Å². The SMILES string of the molecule is CC(C)(C)OC(=O)N1CC(N)CCC1CC1(O)CCOCC1. The number of hydrogen-bond donors (Lipinski definition) is 2. The molecule has 0 aliphatic carbocycles. The number of aliphatic hydroxyl groups is 1. The summed E-state index contributed by atoms with van der Waals surface area (Å²) in [6.45, 7) is 7.22. The first-order valence-electron chi connectivity index (χ1n) is 8.24. The normalized spacial score (nSPS) is 29.2. The van der Waals surface area contributed by atoms with E-state index >= 15 is 0 Å². The molecule has 1 amide bonds. The summed E-state index contributed by atoms with van der Waals surface area (Å²) in [5, 5.41) is 10.7. The summed E-state index contributed by atoms with van der Waals surface area (Å²) in [5.74, 6) is 0. The van der Waals surface area contributed by atoms with Crippen molar-refractivity contribution < 1.29 is 19.4 Å². The molecule has 0 radical (unpaired) electrons. The molecular weight excluding hydrogens is 284 g/mol. The predicted molar refractivity (Wildman–Crippen MR) is 83.6 cm³/mol. The van der Waals surface area contributed by atoms with Crippen LogP contribution < -0.4 is 5.73 Å². The van der Waals surface area contributed by atoms with Gasteiger partial charge in [0.1, 0.15) is 5.60 Å². The topological polar surface area (TPSA) is 85.0 Å². The molecule has 3 N–H and O–H groups in total. The minimum absolute atomic E-state index is 0.0160. The van der Waals surface area contributed by atoms with Crippen molar-refractivity contribution in [3.05, 3.63) is 0 Å². The van der Waals surface area contributed by atoms with Crippen molar-refractivity contribution in [1.29, 1.82) is 0 Å². The van der Waals surface area contributed by atoms with E-state index in [2.05, 4.69) is 0 Å². The molecule has 6 nitrogen and oxygen atoms in total. The van der Waals surface area contributed by atoms with E-state index in [0.717, 1.165) is 12.8 Å². The van der Waals surface area contributed by atoms with E-state index in [1.54, 1.807) is 4.90 Å². The van der Waals surface area contributed by atoms with E-state index in [-0.39, 0.29) is 18.2 Å². The predicted octanol–water partition coefficient (Wildman–Crippen LogP) is 1.64. The van der Waals surface area contributed by atoms with Gasteiger partial charge in [-0.1, -0.05) is 0 Å². The van der Waals surface area contributed by atoms with E-state index in [0.29, 0.717) is 39.0 Å². The van der Waals surface area contributed by atoms with Crippen LogP contribution in [-0.4, -0.2) is 59.1 Å². The maximum absolute atomic E-state index is 12.5. The first-order chi connectivity index (χ1) is 10.2. The number of ether oxygens (including phenoxy) is 2. The molecule has 2 unspecified atom stereocenters. The molecule has 0 bridgehead atoms. The summed E-state index contributed by atoms with van der Waals surface area (Å²) < 4.78 is 10.8. The Labute approximate surface area is 132 Å². The van der Waals surface area contributed by atoms with Crippen LogP contribution in [0.3, 0.4) is 0 Å². The van der Waals surface area contributed by atoms with Crippen molar-refractivity contribution in [2.45, 2.75) is 76.2 Å². The molecule has 128 valence electrons. The summed E-state index contributed by atoms with van der Waals surface area (Å²) in [4.78, 5) is 14.2. The molecule has 2 aliphatic heterocycles. The first-order valence-corrected chi connectivity index (χ1v) is 8.24. The quantitative estimate of drug-likeness (QED) is 0.809. The summed E-state index contributed by atoms with van der Waals surface area (Å²) in [6.07, 6.45) is 3.17. The standard InChI is InChI=1S/C16H30N2O4/c1-15(2,3)22-14(19)18-11-12(17)4-5-13(18)10-16(20)6-8-21-9-7-16/h12-13,20H,4-11,17H2,1-3H3. The highest BCUT2D eigenvalue weighted by Crippen LogP contribution is 2.31. The third kappa shape index (κ3) is 4.83. The fourth-order valence-electron chi connectivity index (χ4n) is 3.21. The number of nitrogens with two attached hydrogens (primary N) is 1. The van der Waals surface area contributed by atoms with Gasteiger partial charge in [0.05, 0.1) is 5.60 Å². The molecule has 0 aromatic rings. The lowest BCUT2D eigenvalue weighted by atomic mass is 9.83. The fraction of sp³-hybridized carbons (Fsp3) is 0.938. The lowest BCUT2D eigenvalue weighted by Crippen LogP contribution is -2.55. The van der Waals surface area contributed by atoms with Crippen molar-refractivity contribution in [1.82, 2.24) is 4.90 Å².